The third-order valence-electron chi connectivity index (χ3n) is 3.96. The predicted octanol–water partition coefficient (Wildman–Crippen LogP) is 3.15. The molecule has 0 unspecified atom stereocenters. The first-order valence-corrected chi connectivity index (χ1v) is 7.42. The summed E-state index contributed by atoms with van der Waals surface area (Å²) >= 11 is 0. The molecular formula is C18H22N2. The van der Waals surface area contributed by atoms with Crippen LogP contribution in [0.25, 0.3) is 0 Å². The van der Waals surface area contributed by atoms with Gasteiger partial charge in [0.2, 0.25) is 0 Å². The molecule has 2 heteroatoms. The van der Waals surface area contributed by atoms with Gasteiger partial charge in [-0.3, -0.25) is 0 Å². The first-order chi connectivity index (χ1) is 9.83. The number of hydrogen-bond donors (Lipinski definition) is 1. The molecule has 0 amide bonds. The second-order valence-electron chi connectivity index (χ2n) is 5.53. The predicted molar refractivity (Wildman–Crippen MR) is 85.2 cm³/mol. The van der Waals surface area contributed by atoms with Crippen LogP contribution in [0.3, 0.4) is 0 Å². The zero-order chi connectivity index (χ0) is 13.8. The third kappa shape index (κ3) is 3.02. The van der Waals surface area contributed by atoms with Gasteiger partial charge in [0.1, 0.15) is 0 Å². The molecule has 20 heavy (non-hydrogen) atoms. The Morgan fingerprint density at radius 1 is 1.10 bits per heavy atom. The zero-order valence-electron chi connectivity index (χ0n) is 12.1. The number of anilines is 1. The number of benzene rings is 2. The van der Waals surface area contributed by atoms with Gasteiger partial charge in [-0.05, 0) is 30.5 Å². The number of nitrogens with zero attached hydrogens (tertiary/aromatic N) is 1. The van der Waals surface area contributed by atoms with Gasteiger partial charge in [0.25, 0.3) is 0 Å². The van der Waals surface area contributed by atoms with E-state index in [0.717, 1.165) is 32.6 Å². The molecule has 1 aliphatic rings. The van der Waals surface area contributed by atoms with Crippen LogP contribution in [0.2, 0.25) is 0 Å². The van der Waals surface area contributed by atoms with Crippen LogP contribution in [0.5, 0.6) is 0 Å². The van der Waals surface area contributed by atoms with E-state index in [4.69, 9.17) is 0 Å². The molecule has 0 aromatic heterocycles. The van der Waals surface area contributed by atoms with Gasteiger partial charge < -0.3 is 10.2 Å². The summed E-state index contributed by atoms with van der Waals surface area (Å²) < 4.78 is 0. The van der Waals surface area contributed by atoms with E-state index in [2.05, 4.69) is 65.7 Å². The summed E-state index contributed by atoms with van der Waals surface area (Å²) in [5.74, 6) is 0. The Hall–Kier alpha value is -1.80. The van der Waals surface area contributed by atoms with Crippen molar-refractivity contribution in [2.75, 3.05) is 24.5 Å². The number of fused-ring (bicyclic) bond motifs is 1. The molecule has 3 rings (SSSR count). The molecule has 0 radical (unpaired) electrons. The molecule has 0 bridgehead atoms. The van der Waals surface area contributed by atoms with E-state index in [9.17, 15) is 0 Å². The molecule has 104 valence electrons. The summed E-state index contributed by atoms with van der Waals surface area (Å²) in [6, 6.07) is 17.6. The summed E-state index contributed by atoms with van der Waals surface area (Å²) in [5.41, 5.74) is 5.58. The highest BCUT2D eigenvalue weighted by Gasteiger charge is 2.14. The van der Waals surface area contributed by atoms with Gasteiger partial charge >= 0.3 is 0 Å². The van der Waals surface area contributed by atoms with Crippen LogP contribution in [0.4, 0.5) is 5.69 Å². The maximum absolute atomic E-state index is 3.52. The standard InChI is InChI=1S/C18H22N2/c1-15-7-8-18-17(13-15)14-19-10-12-20(18)11-9-16-5-3-2-4-6-16/h2-8,13,19H,9-12,14H2,1H3. The Labute approximate surface area is 121 Å². The molecule has 0 saturated carbocycles. The van der Waals surface area contributed by atoms with E-state index in [1.165, 1.54) is 22.4 Å². The van der Waals surface area contributed by atoms with Gasteiger partial charge in [0, 0.05) is 31.9 Å². The second-order valence-corrected chi connectivity index (χ2v) is 5.53. The fourth-order valence-electron chi connectivity index (χ4n) is 2.86. The number of aryl methyl sites for hydroxylation is 1. The van der Waals surface area contributed by atoms with Crippen molar-refractivity contribution in [3.8, 4) is 0 Å². The minimum atomic E-state index is 0.985. The lowest BCUT2D eigenvalue weighted by atomic mass is 10.1. The van der Waals surface area contributed by atoms with E-state index in [0.29, 0.717) is 0 Å². The molecular weight excluding hydrogens is 244 g/mol. The maximum atomic E-state index is 3.52. The fourth-order valence-corrected chi connectivity index (χ4v) is 2.86. The van der Waals surface area contributed by atoms with Crippen molar-refractivity contribution >= 4 is 5.69 Å². The van der Waals surface area contributed by atoms with E-state index >= 15 is 0 Å². The van der Waals surface area contributed by atoms with Gasteiger partial charge in [-0.15, -0.1) is 0 Å². The molecule has 1 aliphatic heterocycles. The second kappa shape index (κ2) is 6.10. The number of rotatable bonds is 3. The van der Waals surface area contributed by atoms with Gasteiger partial charge in [0.05, 0.1) is 0 Å². The highest BCUT2D eigenvalue weighted by atomic mass is 15.2. The van der Waals surface area contributed by atoms with E-state index in [1.807, 2.05) is 0 Å². The van der Waals surface area contributed by atoms with Crippen molar-refractivity contribution in [2.45, 2.75) is 19.9 Å². The molecule has 0 spiro atoms. The molecule has 0 atom stereocenters. The summed E-state index contributed by atoms with van der Waals surface area (Å²) in [4.78, 5) is 2.52. The van der Waals surface area contributed by atoms with Gasteiger partial charge in [-0.2, -0.15) is 0 Å². The third-order valence-corrected chi connectivity index (χ3v) is 3.96. The molecule has 2 aromatic carbocycles. The van der Waals surface area contributed by atoms with Crippen LogP contribution in [0.1, 0.15) is 16.7 Å². The van der Waals surface area contributed by atoms with Crippen molar-refractivity contribution in [2.24, 2.45) is 0 Å². The van der Waals surface area contributed by atoms with Gasteiger partial charge in [-0.25, -0.2) is 0 Å². The average molecular weight is 266 g/mol. The largest absolute Gasteiger partial charge is 0.370 e. The Morgan fingerprint density at radius 2 is 1.95 bits per heavy atom. The van der Waals surface area contributed by atoms with Crippen LogP contribution in [-0.2, 0) is 13.0 Å². The Morgan fingerprint density at radius 3 is 2.80 bits per heavy atom. The number of hydrogen-bond acceptors (Lipinski definition) is 2. The maximum Gasteiger partial charge on any atom is 0.0412 e. The summed E-state index contributed by atoms with van der Waals surface area (Å²) in [7, 11) is 0. The van der Waals surface area contributed by atoms with Crippen molar-refractivity contribution in [3.63, 3.8) is 0 Å². The van der Waals surface area contributed by atoms with Crippen LogP contribution in [0, 0.1) is 6.92 Å². The molecule has 2 aromatic rings. The molecule has 0 aliphatic carbocycles. The summed E-state index contributed by atoms with van der Waals surface area (Å²) in [6.07, 6.45) is 1.11. The number of nitrogens with one attached hydrogen (secondary N) is 1. The van der Waals surface area contributed by atoms with E-state index < -0.39 is 0 Å². The van der Waals surface area contributed by atoms with Crippen LogP contribution >= 0.6 is 0 Å². The quantitative estimate of drug-likeness (QED) is 0.918. The minimum Gasteiger partial charge on any atom is -0.370 e. The Balaban J connectivity index is 1.76. The lowest BCUT2D eigenvalue weighted by Crippen LogP contribution is -2.30. The fraction of sp³-hybridized carbons (Fsp3) is 0.333. The van der Waals surface area contributed by atoms with Crippen molar-refractivity contribution in [3.05, 3.63) is 65.2 Å². The molecule has 2 nitrogen and oxygen atoms in total. The molecule has 0 saturated heterocycles. The van der Waals surface area contributed by atoms with Crippen LogP contribution in [-0.4, -0.2) is 19.6 Å². The van der Waals surface area contributed by atoms with Crippen LogP contribution < -0.4 is 10.2 Å². The molecule has 1 heterocycles. The van der Waals surface area contributed by atoms with E-state index in [-0.39, 0.29) is 0 Å². The Kier molecular flexibility index (Phi) is 4.03. The average Bonchev–Trinajstić information content (AvgIpc) is 2.68. The summed E-state index contributed by atoms with van der Waals surface area (Å²) in [6.45, 7) is 6.38. The van der Waals surface area contributed by atoms with Crippen molar-refractivity contribution in [1.82, 2.24) is 5.32 Å². The molecule has 1 N–H and O–H groups in total. The monoisotopic (exact) mass is 266 g/mol. The van der Waals surface area contributed by atoms with Crippen LogP contribution in [0.15, 0.2) is 48.5 Å². The minimum absolute atomic E-state index is 0.985. The Bertz CT molecular complexity index is 563. The summed E-state index contributed by atoms with van der Waals surface area (Å²) in [5, 5.41) is 3.52. The highest BCUT2D eigenvalue weighted by Crippen LogP contribution is 2.23. The first kappa shape index (κ1) is 13.2. The molecule has 0 fully saturated rings. The normalized spacial score (nSPS) is 14.8. The smallest absolute Gasteiger partial charge is 0.0412 e. The van der Waals surface area contributed by atoms with Crippen molar-refractivity contribution in [1.29, 1.82) is 0 Å². The zero-order valence-corrected chi connectivity index (χ0v) is 12.1. The topological polar surface area (TPSA) is 15.3 Å². The lowest BCUT2D eigenvalue weighted by molar-refractivity contribution is 0.687. The SMILES string of the molecule is Cc1ccc2c(c1)CNCCN2CCc1ccccc1. The lowest BCUT2D eigenvalue weighted by Gasteiger charge is -2.25. The highest BCUT2D eigenvalue weighted by molar-refractivity contribution is 5.55. The van der Waals surface area contributed by atoms with Gasteiger partial charge in [-0.1, -0.05) is 48.0 Å². The van der Waals surface area contributed by atoms with E-state index in [1.54, 1.807) is 0 Å². The van der Waals surface area contributed by atoms with Gasteiger partial charge in [0.15, 0.2) is 0 Å². The van der Waals surface area contributed by atoms with Crippen molar-refractivity contribution < 1.29 is 0 Å². The first-order valence-electron chi connectivity index (χ1n) is 7.42.